The smallest absolute Gasteiger partial charge is 0.252 e. The SMILES string of the molecule is Cc1cc(C(=O)NCC[C@H]2CCCN2C)cnc1C. The van der Waals surface area contributed by atoms with Crippen molar-refractivity contribution in [1.29, 1.82) is 0 Å². The van der Waals surface area contributed by atoms with Crippen LogP contribution in [0.15, 0.2) is 12.3 Å². The number of aromatic nitrogens is 1. The van der Waals surface area contributed by atoms with E-state index in [0.717, 1.165) is 24.2 Å². The van der Waals surface area contributed by atoms with Gasteiger partial charge in [0.15, 0.2) is 0 Å². The maximum absolute atomic E-state index is 12.0. The van der Waals surface area contributed by atoms with Crippen LogP contribution in [0.5, 0.6) is 0 Å². The Hall–Kier alpha value is -1.42. The molecule has 1 fully saturated rings. The van der Waals surface area contributed by atoms with Gasteiger partial charge in [0.2, 0.25) is 0 Å². The molecular formula is C15H23N3O. The highest BCUT2D eigenvalue weighted by atomic mass is 16.1. The number of hydrogen-bond acceptors (Lipinski definition) is 3. The molecule has 2 rings (SSSR count). The van der Waals surface area contributed by atoms with Crippen LogP contribution in [0.4, 0.5) is 0 Å². The summed E-state index contributed by atoms with van der Waals surface area (Å²) in [6.07, 6.45) is 5.20. The fraction of sp³-hybridized carbons (Fsp3) is 0.600. The number of pyridine rings is 1. The number of rotatable bonds is 4. The second kappa shape index (κ2) is 6.15. The minimum atomic E-state index is -0.0174. The van der Waals surface area contributed by atoms with Gasteiger partial charge in [-0.25, -0.2) is 0 Å². The molecule has 1 aromatic heterocycles. The van der Waals surface area contributed by atoms with Crippen LogP contribution in [0.1, 0.15) is 40.9 Å². The molecule has 0 radical (unpaired) electrons. The summed E-state index contributed by atoms with van der Waals surface area (Å²) >= 11 is 0. The topological polar surface area (TPSA) is 45.2 Å². The van der Waals surface area contributed by atoms with Gasteiger partial charge >= 0.3 is 0 Å². The van der Waals surface area contributed by atoms with Crippen LogP contribution >= 0.6 is 0 Å². The van der Waals surface area contributed by atoms with E-state index in [1.54, 1.807) is 6.20 Å². The number of aryl methyl sites for hydroxylation is 2. The van der Waals surface area contributed by atoms with Crippen LogP contribution in [-0.2, 0) is 0 Å². The number of nitrogens with zero attached hydrogens (tertiary/aromatic N) is 2. The predicted molar refractivity (Wildman–Crippen MR) is 76.3 cm³/mol. The highest BCUT2D eigenvalue weighted by Crippen LogP contribution is 2.17. The third-order valence-electron chi connectivity index (χ3n) is 4.04. The molecule has 1 aliphatic heterocycles. The zero-order valence-electron chi connectivity index (χ0n) is 12.1. The molecule has 0 saturated carbocycles. The van der Waals surface area contributed by atoms with Crippen LogP contribution in [0.3, 0.4) is 0 Å². The Kier molecular flexibility index (Phi) is 4.53. The molecule has 1 atom stereocenters. The predicted octanol–water partition coefficient (Wildman–Crippen LogP) is 1.91. The van der Waals surface area contributed by atoms with Gasteiger partial charge in [0.1, 0.15) is 0 Å². The molecule has 0 unspecified atom stereocenters. The molecule has 1 aliphatic rings. The molecule has 104 valence electrons. The molecule has 0 aromatic carbocycles. The van der Waals surface area contributed by atoms with Crippen LogP contribution < -0.4 is 5.32 Å². The Morgan fingerprint density at radius 1 is 1.53 bits per heavy atom. The average molecular weight is 261 g/mol. The Bertz CT molecular complexity index is 459. The minimum Gasteiger partial charge on any atom is -0.352 e. The highest BCUT2D eigenvalue weighted by Gasteiger charge is 2.20. The molecule has 2 heterocycles. The summed E-state index contributed by atoms with van der Waals surface area (Å²) < 4.78 is 0. The van der Waals surface area contributed by atoms with Crippen LogP contribution in [0, 0.1) is 13.8 Å². The van der Waals surface area contributed by atoms with E-state index in [1.165, 1.54) is 19.4 Å². The first-order valence-corrected chi connectivity index (χ1v) is 6.99. The lowest BCUT2D eigenvalue weighted by Gasteiger charge is -2.19. The standard InChI is InChI=1S/C15H23N3O/c1-11-9-13(10-17-12(11)2)15(19)16-7-6-14-5-4-8-18(14)3/h9-10,14H,4-8H2,1-3H3,(H,16,19)/t14-/m1/s1. The molecule has 4 heteroatoms. The summed E-state index contributed by atoms with van der Waals surface area (Å²) in [5, 5.41) is 2.99. The molecular weight excluding hydrogens is 238 g/mol. The van der Waals surface area contributed by atoms with Gasteiger partial charge in [0, 0.05) is 24.5 Å². The number of amides is 1. The number of likely N-dealkylation sites (tertiary alicyclic amines) is 1. The van der Waals surface area contributed by atoms with Crippen molar-refractivity contribution >= 4 is 5.91 Å². The van der Waals surface area contributed by atoms with Crippen molar-refractivity contribution in [2.45, 2.75) is 39.2 Å². The van der Waals surface area contributed by atoms with Crippen LogP contribution in [0.25, 0.3) is 0 Å². The van der Waals surface area contributed by atoms with Gasteiger partial charge in [-0.2, -0.15) is 0 Å². The third-order valence-corrected chi connectivity index (χ3v) is 4.04. The van der Waals surface area contributed by atoms with Crippen LogP contribution in [-0.4, -0.2) is 42.0 Å². The van der Waals surface area contributed by atoms with E-state index in [4.69, 9.17) is 0 Å². The minimum absolute atomic E-state index is 0.0174. The summed E-state index contributed by atoms with van der Waals surface area (Å²) in [6.45, 7) is 5.85. The number of nitrogens with one attached hydrogen (secondary N) is 1. The normalized spacial score (nSPS) is 19.6. The number of hydrogen-bond donors (Lipinski definition) is 1. The van der Waals surface area contributed by atoms with Crippen molar-refractivity contribution in [2.75, 3.05) is 20.1 Å². The highest BCUT2D eigenvalue weighted by molar-refractivity contribution is 5.94. The average Bonchev–Trinajstić information content (AvgIpc) is 2.78. The van der Waals surface area contributed by atoms with Gasteiger partial charge in [0.05, 0.1) is 5.56 Å². The van der Waals surface area contributed by atoms with E-state index in [1.807, 2.05) is 19.9 Å². The van der Waals surface area contributed by atoms with Gasteiger partial charge in [-0.05, 0) is 58.3 Å². The molecule has 4 nitrogen and oxygen atoms in total. The quantitative estimate of drug-likeness (QED) is 0.900. The van der Waals surface area contributed by atoms with Gasteiger partial charge < -0.3 is 10.2 Å². The Morgan fingerprint density at radius 3 is 2.95 bits per heavy atom. The summed E-state index contributed by atoms with van der Waals surface area (Å²) in [7, 11) is 2.16. The Morgan fingerprint density at radius 2 is 2.32 bits per heavy atom. The first kappa shape index (κ1) is 14.0. The third kappa shape index (κ3) is 3.53. The van der Waals surface area contributed by atoms with Crippen LogP contribution in [0.2, 0.25) is 0 Å². The van der Waals surface area contributed by atoms with Crippen molar-refractivity contribution < 1.29 is 4.79 Å². The first-order chi connectivity index (χ1) is 9.08. The molecule has 0 aliphatic carbocycles. The van der Waals surface area contributed by atoms with Gasteiger partial charge in [-0.3, -0.25) is 9.78 Å². The lowest BCUT2D eigenvalue weighted by Crippen LogP contribution is -2.31. The largest absolute Gasteiger partial charge is 0.352 e. The zero-order chi connectivity index (χ0) is 13.8. The van der Waals surface area contributed by atoms with Crippen molar-refractivity contribution in [3.63, 3.8) is 0 Å². The van der Waals surface area contributed by atoms with E-state index >= 15 is 0 Å². The molecule has 1 amide bonds. The molecule has 19 heavy (non-hydrogen) atoms. The molecule has 1 saturated heterocycles. The number of carbonyl (C=O) groups is 1. The fourth-order valence-corrected chi connectivity index (χ4v) is 2.57. The summed E-state index contributed by atoms with van der Waals surface area (Å²) in [5.41, 5.74) is 2.69. The van der Waals surface area contributed by atoms with E-state index < -0.39 is 0 Å². The number of carbonyl (C=O) groups excluding carboxylic acids is 1. The summed E-state index contributed by atoms with van der Waals surface area (Å²) in [4.78, 5) is 18.6. The zero-order valence-corrected chi connectivity index (χ0v) is 12.1. The van der Waals surface area contributed by atoms with E-state index in [9.17, 15) is 4.79 Å². The Balaban J connectivity index is 1.82. The molecule has 0 bridgehead atoms. The molecule has 1 N–H and O–H groups in total. The monoisotopic (exact) mass is 261 g/mol. The lowest BCUT2D eigenvalue weighted by atomic mass is 10.1. The van der Waals surface area contributed by atoms with E-state index in [-0.39, 0.29) is 5.91 Å². The maximum Gasteiger partial charge on any atom is 0.252 e. The van der Waals surface area contributed by atoms with Crippen molar-refractivity contribution in [1.82, 2.24) is 15.2 Å². The van der Waals surface area contributed by atoms with E-state index in [0.29, 0.717) is 11.6 Å². The second-order valence-corrected chi connectivity index (χ2v) is 5.45. The molecule has 0 spiro atoms. The second-order valence-electron chi connectivity index (χ2n) is 5.45. The maximum atomic E-state index is 12.0. The van der Waals surface area contributed by atoms with Gasteiger partial charge in [0.25, 0.3) is 5.91 Å². The Labute approximate surface area is 115 Å². The van der Waals surface area contributed by atoms with Gasteiger partial charge in [-0.1, -0.05) is 0 Å². The summed E-state index contributed by atoms with van der Waals surface area (Å²) in [5.74, 6) is -0.0174. The summed E-state index contributed by atoms with van der Waals surface area (Å²) in [6, 6.07) is 2.53. The molecule has 1 aromatic rings. The fourth-order valence-electron chi connectivity index (χ4n) is 2.57. The first-order valence-electron chi connectivity index (χ1n) is 6.99. The van der Waals surface area contributed by atoms with Gasteiger partial charge in [-0.15, -0.1) is 0 Å². The van der Waals surface area contributed by atoms with Crippen molar-refractivity contribution in [3.8, 4) is 0 Å². The van der Waals surface area contributed by atoms with Crippen molar-refractivity contribution in [2.24, 2.45) is 0 Å². The van der Waals surface area contributed by atoms with E-state index in [2.05, 4.69) is 22.2 Å². The lowest BCUT2D eigenvalue weighted by molar-refractivity contribution is 0.0950. The van der Waals surface area contributed by atoms with Crippen molar-refractivity contribution in [3.05, 3.63) is 29.1 Å².